The Morgan fingerprint density at radius 3 is 2.32 bits per heavy atom. The van der Waals surface area contributed by atoms with Gasteiger partial charge in [0.2, 0.25) is 0 Å². The molecule has 0 saturated carbocycles. The zero-order valence-electron chi connectivity index (χ0n) is 19.5. The van der Waals surface area contributed by atoms with Crippen molar-refractivity contribution in [2.24, 2.45) is 0 Å². The van der Waals surface area contributed by atoms with Gasteiger partial charge in [0.05, 0.1) is 33.2 Å². The van der Waals surface area contributed by atoms with Crippen LogP contribution in [0.15, 0.2) is 18.2 Å². The highest BCUT2D eigenvalue weighted by Gasteiger charge is 2.27. The van der Waals surface area contributed by atoms with E-state index < -0.39 is 0 Å². The number of benzene rings is 1. The molecule has 1 aromatic rings. The van der Waals surface area contributed by atoms with Crippen LogP contribution in [0.4, 0.5) is 5.69 Å². The summed E-state index contributed by atoms with van der Waals surface area (Å²) < 4.78 is 0. The highest BCUT2D eigenvalue weighted by atomic mass is 16.2. The van der Waals surface area contributed by atoms with Crippen LogP contribution in [0.2, 0.25) is 0 Å². The van der Waals surface area contributed by atoms with E-state index in [4.69, 9.17) is 0 Å². The maximum absolute atomic E-state index is 12.6. The fourth-order valence-electron chi connectivity index (χ4n) is 3.85. The molecule has 1 heterocycles. The summed E-state index contributed by atoms with van der Waals surface area (Å²) in [5.41, 5.74) is 2.91. The van der Waals surface area contributed by atoms with Gasteiger partial charge in [-0.15, -0.1) is 0 Å². The van der Waals surface area contributed by atoms with E-state index >= 15 is 0 Å². The van der Waals surface area contributed by atoms with Gasteiger partial charge in [0.15, 0.2) is 19.6 Å². The van der Waals surface area contributed by atoms with Crippen LogP contribution in [0.3, 0.4) is 0 Å². The first-order chi connectivity index (χ1) is 14.8. The summed E-state index contributed by atoms with van der Waals surface area (Å²) in [6.07, 6.45) is 2.07. The summed E-state index contributed by atoms with van der Waals surface area (Å²) in [5.74, 6) is 0.0529. The zero-order valence-corrected chi connectivity index (χ0v) is 19.5. The van der Waals surface area contributed by atoms with E-state index in [-0.39, 0.29) is 30.8 Å². The molecule has 1 aliphatic heterocycles. The lowest BCUT2D eigenvalue weighted by molar-refractivity contribution is -0.896. The van der Waals surface area contributed by atoms with E-state index in [1.54, 1.807) is 0 Å². The minimum Gasteiger partial charge on any atom is -0.351 e. The quantitative estimate of drug-likeness (QED) is 0.335. The third-order valence-electron chi connectivity index (χ3n) is 5.75. The molecule has 3 amide bonds. The first kappa shape index (κ1) is 24.8. The molecule has 0 spiro atoms. The van der Waals surface area contributed by atoms with Gasteiger partial charge < -0.3 is 25.3 Å². The van der Waals surface area contributed by atoms with Crippen LogP contribution < -0.4 is 20.4 Å². The Kier molecular flexibility index (Phi) is 9.94. The van der Waals surface area contributed by atoms with Crippen molar-refractivity contribution in [3.63, 3.8) is 0 Å². The number of unbranched alkanes of at least 4 members (excludes halogenated alkanes) is 1. The first-order valence-electron chi connectivity index (χ1n) is 11.4. The van der Waals surface area contributed by atoms with Crippen molar-refractivity contribution in [1.82, 2.24) is 10.2 Å². The average Bonchev–Trinajstić information content (AvgIpc) is 2.71. The number of carbonyl (C=O) groups excluding carboxylic acids is 3. The Labute approximate surface area is 185 Å². The lowest BCUT2D eigenvalue weighted by atomic mass is 10.1. The van der Waals surface area contributed by atoms with Gasteiger partial charge in [-0.1, -0.05) is 31.5 Å². The monoisotopic (exact) mass is 433 g/mol. The molecule has 0 radical (unpaired) electrons. The highest BCUT2D eigenvalue weighted by molar-refractivity contribution is 5.93. The molecule has 0 bridgehead atoms. The normalized spacial score (nSPS) is 15.4. The molecule has 0 aromatic heterocycles. The molecule has 1 aliphatic rings. The van der Waals surface area contributed by atoms with Gasteiger partial charge in [-0.25, -0.2) is 0 Å². The molecule has 172 valence electrons. The van der Waals surface area contributed by atoms with Gasteiger partial charge in [-0.2, -0.15) is 0 Å². The number of quaternary nitrogens is 2. The van der Waals surface area contributed by atoms with E-state index in [9.17, 15) is 14.4 Å². The third-order valence-corrected chi connectivity index (χ3v) is 5.75. The zero-order chi connectivity index (χ0) is 22.8. The SMILES string of the molecule is CCCCNC(=O)C[NH+]1CCN(C(=O)C[NH+](C)CC(=O)Nc2c(C)cccc2C)CC1. The molecule has 31 heavy (non-hydrogen) atoms. The number of piperazine rings is 1. The lowest BCUT2D eigenvalue weighted by Gasteiger charge is -2.32. The number of nitrogens with one attached hydrogen (secondary N) is 4. The van der Waals surface area contributed by atoms with E-state index in [2.05, 4.69) is 17.6 Å². The van der Waals surface area contributed by atoms with E-state index in [1.807, 2.05) is 44.0 Å². The molecule has 1 saturated heterocycles. The second kappa shape index (κ2) is 12.4. The molecule has 0 aliphatic carbocycles. The Morgan fingerprint density at radius 1 is 1.06 bits per heavy atom. The second-order valence-corrected chi connectivity index (χ2v) is 8.64. The molecule has 1 atom stereocenters. The number of carbonyl (C=O) groups is 3. The molecule has 2 rings (SSSR count). The summed E-state index contributed by atoms with van der Waals surface area (Å²) in [6, 6.07) is 5.91. The number of anilines is 1. The molecule has 8 heteroatoms. The number of aryl methyl sites for hydroxylation is 2. The number of nitrogens with zero attached hydrogens (tertiary/aromatic N) is 1. The molecule has 1 unspecified atom stereocenters. The highest BCUT2D eigenvalue weighted by Crippen LogP contribution is 2.18. The Balaban J connectivity index is 1.71. The minimum absolute atomic E-state index is 0.0591. The average molecular weight is 434 g/mol. The molecule has 4 N–H and O–H groups in total. The maximum atomic E-state index is 12.6. The Bertz CT molecular complexity index is 739. The van der Waals surface area contributed by atoms with Crippen molar-refractivity contribution in [3.05, 3.63) is 29.3 Å². The topological polar surface area (TPSA) is 87.4 Å². The van der Waals surface area contributed by atoms with Gasteiger partial charge in [-0.05, 0) is 31.4 Å². The van der Waals surface area contributed by atoms with Crippen LogP contribution in [0.5, 0.6) is 0 Å². The van der Waals surface area contributed by atoms with Crippen LogP contribution in [0, 0.1) is 13.8 Å². The third kappa shape index (κ3) is 8.30. The summed E-state index contributed by atoms with van der Waals surface area (Å²) in [7, 11) is 1.87. The van der Waals surface area contributed by atoms with Gasteiger partial charge in [0.1, 0.15) is 0 Å². The number of likely N-dealkylation sites (N-methyl/N-ethyl adjacent to an activating group) is 1. The number of amides is 3. The van der Waals surface area contributed by atoms with Gasteiger partial charge in [0, 0.05) is 12.2 Å². The summed E-state index contributed by atoms with van der Waals surface area (Å²) in [4.78, 5) is 41.0. The fourth-order valence-corrected chi connectivity index (χ4v) is 3.85. The summed E-state index contributed by atoms with van der Waals surface area (Å²) >= 11 is 0. The first-order valence-corrected chi connectivity index (χ1v) is 11.4. The van der Waals surface area contributed by atoms with Crippen LogP contribution in [0.1, 0.15) is 30.9 Å². The predicted molar refractivity (Wildman–Crippen MR) is 121 cm³/mol. The molecular weight excluding hydrogens is 394 g/mol. The number of rotatable bonds is 10. The van der Waals surface area contributed by atoms with Gasteiger partial charge in [0.25, 0.3) is 17.7 Å². The van der Waals surface area contributed by atoms with Gasteiger partial charge in [-0.3, -0.25) is 14.4 Å². The largest absolute Gasteiger partial charge is 0.351 e. The second-order valence-electron chi connectivity index (χ2n) is 8.64. The van der Waals surface area contributed by atoms with Crippen LogP contribution in [0.25, 0.3) is 0 Å². The van der Waals surface area contributed by atoms with Gasteiger partial charge >= 0.3 is 0 Å². The van der Waals surface area contributed by atoms with E-state index in [1.165, 1.54) is 4.90 Å². The fraction of sp³-hybridized carbons (Fsp3) is 0.609. The molecule has 8 nitrogen and oxygen atoms in total. The van der Waals surface area contributed by atoms with Crippen molar-refractivity contribution < 1.29 is 24.2 Å². The van der Waals surface area contributed by atoms with Crippen LogP contribution in [-0.2, 0) is 14.4 Å². The molecule has 1 fully saturated rings. The summed E-state index contributed by atoms with van der Waals surface area (Å²) in [6.45, 7) is 10.6. The van der Waals surface area contributed by atoms with E-state index in [0.29, 0.717) is 19.6 Å². The standard InChI is InChI=1S/C23H37N5O3/c1-5-6-10-24-20(29)16-27-11-13-28(14-12-27)22(31)17-26(4)15-21(30)25-23-18(2)8-7-9-19(23)3/h7-9H,5-6,10-17H2,1-4H3,(H,24,29)(H,25,30)/p+2. The number of hydrogen-bond donors (Lipinski definition) is 4. The van der Waals surface area contributed by atoms with Crippen molar-refractivity contribution in [2.45, 2.75) is 33.6 Å². The summed E-state index contributed by atoms with van der Waals surface area (Å²) in [5, 5.41) is 5.93. The molecule has 1 aromatic carbocycles. The Hall–Kier alpha value is -2.45. The number of para-hydroxylation sites is 1. The minimum atomic E-state index is -0.0916. The number of hydrogen-bond acceptors (Lipinski definition) is 3. The predicted octanol–water partition coefficient (Wildman–Crippen LogP) is -1.60. The van der Waals surface area contributed by atoms with E-state index in [0.717, 1.165) is 54.2 Å². The lowest BCUT2D eigenvalue weighted by Crippen LogP contribution is -3.16. The van der Waals surface area contributed by atoms with Crippen molar-refractivity contribution in [3.8, 4) is 0 Å². The van der Waals surface area contributed by atoms with Crippen LogP contribution in [-0.4, -0.2) is 82.0 Å². The smallest absolute Gasteiger partial charge is 0.279 e. The molecular formula is C23H39N5O3+2. The Morgan fingerprint density at radius 2 is 1.71 bits per heavy atom. The van der Waals surface area contributed by atoms with Crippen molar-refractivity contribution in [1.29, 1.82) is 0 Å². The van der Waals surface area contributed by atoms with Crippen LogP contribution >= 0.6 is 0 Å². The van der Waals surface area contributed by atoms with Crippen molar-refractivity contribution in [2.75, 3.05) is 64.7 Å². The van der Waals surface area contributed by atoms with Crippen molar-refractivity contribution >= 4 is 23.4 Å². The maximum Gasteiger partial charge on any atom is 0.279 e.